The SMILES string of the molecule is CCNc1cc(NCC2(CO)CCCC2)nc(C2CC2)n1. The van der Waals surface area contributed by atoms with E-state index < -0.39 is 0 Å². The molecule has 1 aromatic rings. The Bertz CT molecular complexity index is 481. The van der Waals surface area contributed by atoms with E-state index in [0.717, 1.165) is 43.4 Å². The van der Waals surface area contributed by atoms with Crippen LogP contribution in [0.5, 0.6) is 0 Å². The lowest BCUT2D eigenvalue weighted by atomic mass is 9.87. The standard InChI is InChI=1S/C16H26N4O/c1-2-17-13-9-14(20-15(19-13)12-5-6-12)18-10-16(11-21)7-3-4-8-16/h9,12,21H,2-8,10-11H2,1H3,(H2,17,18,19,20). The summed E-state index contributed by atoms with van der Waals surface area (Å²) < 4.78 is 0. The van der Waals surface area contributed by atoms with E-state index in [4.69, 9.17) is 0 Å². The number of nitrogens with zero attached hydrogens (tertiary/aromatic N) is 2. The van der Waals surface area contributed by atoms with Gasteiger partial charge >= 0.3 is 0 Å². The van der Waals surface area contributed by atoms with Crippen LogP contribution in [0.3, 0.4) is 0 Å². The molecule has 0 saturated heterocycles. The Balaban J connectivity index is 1.71. The van der Waals surface area contributed by atoms with Crippen LogP contribution in [0, 0.1) is 5.41 Å². The van der Waals surface area contributed by atoms with Crippen molar-refractivity contribution in [1.29, 1.82) is 0 Å². The highest BCUT2D eigenvalue weighted by Crippen LogP contribution is 2.40. The van der Waals surface area contributed by atoms with Crippen LogP contribution < -0.4 is 10.6 Å². The van der Waals surface area contributed by atoms with Crippen molar-refractivity contribution >= 4 is 11.6 Å². The van der Waals surface area contributed by atoms with Crippen molar-refractivity contribution in [2.45, 2.75) is 51.4 Å². The molecule has 0 atom stereocenters. The smallest absolute Gasteiger partial charge is 0.136 e. The summed E-state index contributed by atoms with van der Waals surface area (Å²) in [4.78, 5) is 9.25. The predicted octanol–water partition coefficient (Wildman–Crippen LogP) is 2.75. The first-order chi connectivity index (χ1) is 10.2. The highest BCUT2D eigenvalue weighted by molar-refractivity contribution is 5.48. The Morgan fingerprint density at radius 1 is 1.19 bits per heavy atom. The summed E-state index contributed by atoms with van der Waals surface area (Å²) >= 11 is 0. The molecule has 0 aromatic carbocycles. The van der Waals surface area contributed by atoms with Crippen molar-refractivity contribution < 1.29 is 5.11 Å². The number of hydrogen-bond donors (Lipinski definition) is 3. The van der Waals surface area contributed by atoms with Gasteiger partial charge in [0.2, 0.25) is 0 Å². The second-order valence-corrected chi connectivity index (χ2v) is 6.52. The summed E-state index contributed by atoms with van der Waals surface area (Å²) in [7, 11) is 0. The monoisotopic (exact) mass is 290 g/mol. The molecular weight excluding hydrogens is 264 g/mol. The molecule has 1 aromatic heterocycles. The quantitative estimate of drug-likeness (QED) is 0.720. The first-order valence-corrected chi connectivity index (χ1v) is 8.22. The molecule has 0 radical (unpaired) electrons. The number of aliphatic hydroxyl groups is 1. The average Bonchev–Trinajstić information content (AvgIpc) is 3.25. The molecule has 0 spiro atoms. The molecule has 0 aliphatic heterocycles. The third kappa shape index (κ3) is 3.46. The van der Waals surface area contributed by atoms with Crippen molar-refractivity contribution in [3.8, 4) is 0 Å². The van der Waals surface area contributed by atoms with E-state index >= 15 is 0 Å². The van der Waals surface area contributed by atoms with Gasteiger partial charge in [0.05, 0.1) is 6.61 Å². The van der Waals surface area contributed by atoms with Crippen molar-refractivity contribution in [3.63, 3.8) is 0 Å². The number of aliphatic hydroxyl groups excluding tert-OH is 1. The minimum absolute atomic E-state index is 0.0447. The van der Waals surface area contributed by atoms with Crippen molar-refractivity contribution in [2.24, 2.45) is 5.41 Å². The number of aromatic nitrogens is 2. The summed E-state index contributed by atoms with van der Waals surface area (Å²) in [5.74, 6) is 3.30. The van der Waals surface area contributed by atoms with Gasteiger partial charge in [0.25, 0.3) is 0 Å². The Morgan fingerprint density at radius 3 is 2.43 bits per heavy atom. The highest BCUT2D eigenvalue weighted by atomic mass is 16.3. The van der Waals surface area contributed by atoms with E-state index in [-0.39, 0.29) is 12.0 Å². The maximum absolute atomic E-state index is 9.70. The fraction of sp³-hybridized carbons (Fsp3) is 0.750. The van der Waals surface area contributed by atoms with E-state index in [2.05, 4.69) is 27.5 Å². The van der Waals surface area contributed by atoms with Gasteiger partial charge < -0.3 is 15.7 Å². The summed E-state index contributed by atoms with van der Waals surface area (Å²) in [6, 6.07) is 1.98. The van der Waals surface area contributed by atoms with Crippen LogP contribution in [0.4, 0.5) is 11.6 Å². The van der Waals surface area contributed by atoms with Gasteiger partial charge in [-0.15, -0.1) is 0 Å². The van der Waals surface area contributed by atoms with Crippen LogP contribution in [0.25, 0.3) is 0 Å². The number of hydrogen-bond acceptors (Lipinski definition) is 5. The highest BCUT2D eigenvalue weighted by Gasteiger charge is 2.33. The van der Waals surface area contributed by atoms with E-state index in [1.165, 1.54) is 25.7 Å². The summed E-state index contributed by atoms with van der Waals surface area (Å²) in [6.45, 7) is 4.00. The Morgan fingerprint density at radius 2 is 1.86 bits per heavy atom. The fourth-order valence-electron chi connectivity index (χ4n) is 3.15. The molecule has 1 heterocycles. The van der Waals surface area contributed by atoms with Gasteiger partial charge in [0.1, 0.15) is 17.5 Å². The lowest BCUT2D eigenvalue weighted by Gasteiger charge is -2.27. The number of nitrogens with one attached hydrogen (secondary N) is 2. The van der Waals surface area contributed by atoms with Gasteiger partial charge in [0, 0.05) is 30.5 Å². The van der Waals surface area contributed by atoms with Crippen molar-refractivity contribution in [1.82, 2.24) is 9.97 Å². The third-order valence-corrected chi connectivity index (χ3v) is 4.69. The molecule has 5 heteroatoms. The summed E-state index contributed by atoms with van der Waals surface area (Å²) in [5.41, 5.74) is 0.0447. The molecule has 21 heavy (non-hydrogen) atoms. The maximum atomic E-state index is 9.70. The topological polar surface area (TPSA) is 70.1 Å². The normalized spacial score (nSPS) is 20.5. The third-order valence-electron chi connectivity index (χ3n) is 4.69. The van der Waals surface area contributed by atoms with E-state index in [1.54, 1.807) is 0 Å². The lowest BCUT2D eigenvalue weighted by molar-refractivity contribution is 0.142. The maximum Gasteiger partial charge on any atom is 0.136 e. The molecule has 3 rings (SSSR count). The van der Waals surface area contributed by atoms with Gasteiger partial charge in [-0.1, -0.05) is 12.8 Å². The second kappa shape index (κ2) is 6.18. The fourth-order valence-corrected chi connectivity index (χ4v) is 3.15. The molecule has 0 amide bonds. The molecule has 116 valence electrons. The minimum atomic E-state index is 0.0447. The van der Waals surface area contributed by atoms with Crippen LogP contribution in [0.15, 0.2) is 6.07 Å². The van der Waals surface area contributed by atoms with Gasteiger partial charge in [-0.3, -0.25) is 0 Å². The molecule has 0 unspecified atom stereocenters. The van der Waals surface area contributed by atoms with Gasteiger partial charge in [-0.05, 0) is 32.6 Å². The van der Waals surface area contributed by atoms with E-state index in [9.17, 15) is 5.11 Å². The zero-order valence-electron chi connectivity index (χ0n) is 12.9. The van der Waals surface area contributed by atoms with Gasteiger partial charge in [-0.25, -0.2) is 9.97 Å². The minimum Gasteiger partial charge on any atom is -0.396 e. The molecule has 2 aliphatic carbocycles. The van der Waals surface area contributed by atoms with Gasteiger partial charge in [0.15, 0.2) is 0 Å². The average molecular weight is 290 g/mol. The molecule has 0 bridgehead atoms. The Kier molecular flexibility index (Phi) is 4.29. The summed E-state index contributed by atoms with van der Waals surface area (Å²) in [5, 5.41) is 16.4. The van der Waals surface area contributed by atoms with E-state index in [0.29, 0.717) is 5.92 Å². The predicted molar refractivity (Wildman–Crippen MR) is 84.6 cm³/mol. The Labute approximate surface area is 126 Å². The van der Waals surface area contributed by atoms with E-state index in [1.807, 2.05) is 6.07 Å². The van der Waals surface area contributed by atoms with Crippen LogP contribution in [0.2, 0.25) is 0 Å². The molecule has 2 fully saturated rings. The number of anilines is 2. The van der Waals surface area contributed by atoms with Crippen molar-refractivity contribution in [2.75, 3.05) is 30.3 Å². The zero-order chi connectivity index (χ0) is 14.7. The molecule has 2 aliphatic rings. The molecular formula is C16H26N4O. The first-order valence-electron chi connectivity index (χ1n) is 8.22. The number of rotatable bonds is 7. The molecule has 2 saturated carbocycles. The van der Waals surface area contributed by atoms with Crippen LogP contribution in [-0.2, 0) is 0 Å². The molecule has 3 N–H and O–H groups in total. The summed E-state index contributed by atoms with van der Waals surface area (Å²) in [6.07, 6.45) is 7.07. The molecule has 5 nitrogen and oxygen atoms in total. The van der Waals surface area contributed by atoms with Crippen LogP contribution in [-0.4, -0.2) is 34.8 Å². The van der Waals surface area contributed by atoms with Gasteiger partial charge in [-0.2, -0.15) is 0 Å². The van der Waals surface area contributed by atoms with Crippen LogP contribution in [0.1, 0.15) is 57.2 Å². The zero-order valence-corrected chi connectivity index (χ0v) is 12.9. The first kappa shape index (κ1) is 14.6. The largest absolute Gasteiger partial charge is 0.396 e. The Hall–Kier alpha value is -1.36. The van der Waals surface area contributed by atoms with Crippen molar-refractivity contribution in [3.05, 3.63) is 11.9 Å². The van der Waals surface area contributed by atoms with Crippen LogP contribution >= 0.6 is 0 Å². The second-order valence-electron chi connectivity index (χ2n) is 6.52. The lowest BCUT2D eigenvalue weighted by Crippen LogP contribution is -2.30.